The molecule has 1 saturated heterocycles. The molecule has 2 aromatic rings. The number of amides is 1. The summed E-state index contributed by atoms with van der Waals surface area (Å²) < 4.78 is 5.50. The molecular formula is C22H27ClN2O2S. The van der Waals surface area contributed by atoms with Crippen molar-refractivity contribution < 1.29 is 8.98 Å². The lowest BCUT2D eigenvalue weighted by Crippen LogP contribution is -2.37. The van der Waals surface area contributed by atoms with E-state index in [2.05, 4.69) is 43.3 Å². The molecule has 1 heterocycles. The summed E-state index contributed by atoms with van der Waals surface area (Å²) in [6.45, 7) is 2.55. The van der Waals surface area contributed by atoms with E-state index in [1.54, 1.807) is 24.3 Å². The van der Waals surface area contributed by atoms with Crippen LogP contribution in [-0.2, 0) is 13.0 Å². The highest BCUT2D eigenvalue weighted by Gasteiger charge is 2.24. The van der Waals surface area contributed by atoms with Crippen LogP contribution in [0.15, 0.2) is 48.5 Å². The van der Waals surface area contributed by atoms with Crippen LogP contribution in [0.2, 0.25) is 5.02 Å². The van der Waals surface area contributed by atoms with Gasteiger partial charge in [0.15, 0.2) is 12.0 Å². The van der Waals surface area contributed by atoms with Crippen LogP contribution in [0, 0.1) is 5.92 Å². The normalized spacial score (nSPS) is 15.1. The number of halogens is 1. The van der Waals surface area contributed by atoms with Crippen LogP contribution >= 0.6 is 23.6 Å². The molecule has 1 amide bonds. The number of likely N-dealkylation sites (tertiary alicyclic amines) is 1. The molecule has 0 aromatic heterocycles. The van der Waals surface area contributed by atoms with E-state index in [-0.39, 0.29) is 5.24 Å². The Balaban J connectivity index is 1.41. The molecule has 0 aliphatic carbocycles. The molecule has 3 rings (SSSR count). The number of hydrogen-bond donors (Lipinski definition) is 0. The topological polar surface area (TPSA) is 32.8 Å². The lowest BCUT2D eigenvalue weighted by atomic mass is 9.90. The van der Waals surface area contributed by atoms with Crippen molar-refractivity contribution >= 4 is 28.9 Å². The van der Waals surface area contributed by atoms with E-state index in [1.165, 1.54) is 11.1 Å². The minimum Gasteiger partial charge on any atom is -0.416 e. The van der Waals surface area contributed by atoms with Gasteiger partial charge in [0.2, 0.25) is 0 Å². The number of carbonyl (C=O) groups excluding carboxylic acids is 1. The third-order valence-electron chi connectivity index (χ3n) is 4.94. The second-order valence-electron chi connectivity index (χ2n) is 7.58. The highest BCUT2D eigenvalue weighted by Crippen LogP contribution is 2.26. The van der Waals surface area contributed by atoms with E-state index in [9.17, 15) is 4.79 Å². The van der Waals surface area contributed by atoms with Gasteiger partial charge in [0.1, 0.15) is 5.75 Å². The molecule has 0 atom stereocenters. The van der Waals surface area contributed by atoms with Crippen LogP contribution in [0.3, 0.4) is 0 Å². The fourth-order valence-corrected chi connectivity index (χ4v) is 4.12. The fourth-order valence-electron chi connectivity index (χ4n) is 3.43. The summed E-state index contributed by atoms with van der Waals surface area (Å²) in [7, 11) is 4.17. The summed E-state index contributed by atoms with van der Waals surface area (Å²) in [5.74, 6) is 1.27. The molecule has 0 unspecified atom stereocenters. The Morgan fingerprint density at radius 3 is 2.29 bits per heavy atom. The first-order valence-electron chi connectivity index (χ1n) is 9.61. The number of carbonyl (C=O) groups is 1. The lowest BCUT2D eigenvalue weighted by molar-refractivity contribution is 0.191. The van der Waals surface area contributed by atoms with Crippen LogP contribution in [0.5, 0.6) is 5.75 Å². The molecule has 6 heteroatoms. The van der Waals surface area contributed by atoms with Crippen molar-refractivity contribution in [2.75, 3.05) is 27.2 Å². The van der Waals surface area contributed by atoms with Crippen molar-refractivity contribution in [1.29, 1.82) is 0 Å². The third-order valence-corrected chi connectivity index (χ3v) is 5.87. The van der Waals surface area contributed by atoms with Gasteiger partial charge in [0.05, 0.1) is 0 Å². The summed E-state index contributed by atoms with van der Waals surface area (Å²) in [6, 6.07) is 16.0. The molecule has 0 N–H and O–H groups in total. The molecule has 0 spiro atoms. The number of hydrogen-bond acceptors (Lipinski definition) is 4. The highest BCUT2D eigenvalue weighted by molar-refractivity contribution is 8.09. The second-order valence-corrected chi connectivity index (χ2v) is 8.69. The maximum absolute atomic E-state index is 12.4. The van der Waals surface area contributed by atoms with Gasteiger partial charge in [-0.25, -0.2) is 0 Å². The van der Waals surface area contributed by atoms with Crippen LogP contribution in [0.25, 0.3) is 0 Å². The molecule has 0 bridgehead atoms. The average Bonchev–Trinajstić information content (AvgIpc) is 2.69. The second kappa shape index (κ2) is 10.2. The minimum absolute atomic E-state index is 0.0264. The zero-order valence-corrected chi connectivity index (χ0v) is 18.0. The predicted octanol–water partition coefficient (Wildman–Crippen LogP) is 5.50. The number of nitrogens with zero attached hydrogens (tertiary/aromatic N) is 2. The summed E-state index contributed by atoms with van der Waals surface area (Å²) in [4.78, 5) is 16.4. The summed E-state index contributed by atoms with van der Waals surface area (Å²) in [5, 5.41) is 0.625. The Hall–Kier alpha value is -1.69. The molecule has 2 aromatic carbocycles. The Bertz CT molecular complexity index is 757. The number of benzene rings is 2. The van der Waals surface area contributed by atoms with Crippen molar-refractivity contribution in [1.82, 2.24) is 9.80 Å². The molecule has 1 fully saturated rings. The van der Waals surface area contributed by atoms with Crippen LogP contribution < -0.4 is 4.18 Å². The van der Waals surface area contributed by atoms with E-state index in [4.69, 9.17) is 15.8 Å². The largest absolute Gasteiger partial charge is 0.416 e. The molecular weight excluding hydrogens is 392 g/mol. The molecule has 0 saturated carbocycles. The van der Waals surface area contributed by atoms with Gasteiger partial charge in [0.25, 0.3) is 0 Å². The summed E-state index contributed by atoms with van der Waals surface area (Å²) in [6.07, 6.45) is 3.15. The standard InChI is InChI=1S/C22H27ClN2O2S/c1-24(2)16-19-5-3-17(4-6-19)15-18-11-13-25(14-12-18)22(26)28-27-21-9-7-20(23)8-10-21/h3-10,18H,11-16H2,1-2H3. The summed E-state index contributed by atoms with van der Waals surface area (Å²) in [5.41, 5.74) is 2.72. The van der Waals surface area contributed by atoms with Gasteiger partial charge >= 0.3 is 5.24 Å². The Morgan fingerprint density at radius 2 is 1.68 bits per heavy atom. The Kier molecular flexibility index (Phi) is 7.65. The van der Waals surface area contributed by atoms with Gasteiger partial charge in [-0.15, -0.1) is 0 Å². The van der Waals surface area contributed by atoms with Crippen LogP contribution in [0.1, 0.15) is 24.0 Å². The third kappa shape index (κ3) is 6.43. The fraction of sp³-hybridized carbons (Fsp3) is 0.409. The summed E-state index contributed by atoms with van der Waals surface area (Å²) >= 11 is 6.75. The van der Waals surface area contributed by atoms with Gasteiger partial charge in [-0.05, 0) is 74.7 Å². The van der Waals surface area contributed by atoms with E-state index in [1.807, 2.05) is 4.90 Å². The monoisotopic (exact) mass is 418 g/mol. The van der Waals surface area contributed by atoms with Crippen molar-refractivity contribution in [2.45, 2.75) is 25.8 Å². The Morgan fingerprint density at radius 1 is 1.07 bits per heavy atom. The molecule has 1 aliphatic heterocycles. The Labute approximate surface area is 177 Å². The zero-order chi connectivity index (χ0) is 19.9. The molecule has 150 valence electrons. The molecule has 1 aliphatic rings. The van der Waals surface area contributed by atoms with Gasteiger partial charge < -0.3 is 14.0 Å². The van der Waals surface area contributed by atoms with Gasteiger partial charge in [-0.1, -0.05) is 35.9 Å². The van der Waals surface area contributed by atoms with Crippen LogP contribution in [0.4, 0.5) is 4.79 Å². The predicted molar refractivity (Wildman–Crippen MR) is 117 cm³/mol. The van der Waals surface area contributed by atoms with E-state index in [0.29, 0.717) is 16.7 Å². The molecule has 4 nitrogen and oxygen atoms in total. The van der Waals surface area contributed by atoms with Crippen molar-refractivity contribution in [2.24, 2.45) is 5.92 Å². The van der Waals surface area contributed by atoms with Crippen molar-refractivity contribution in [3.63, 3.8) is 0 Å². The first-order valence-corrected chi connectivity index (χ1v) is 10.7. The van der Waals surface area contributed by atoms with Gasteiger partial charge in [-0.2, -0.15) is 0 Å². The van der Waals surface area contributed by atoms with Crippen molar-refractivity contribution in [3.05, 3.63) is 64.7 Å². The maximum atomic E-state index is 12.4. The van der Waals surface area contributed by atoms with Gasteiger partial charge in [0, 0.05) is 24.7 Å². The molecule has 0 radical (unpaired) electrons. The zero-order valence-electron chi connectivity index (χ0n) is 16.4. The average molecular weight is 419 g/mol. The molecule has 28 heavy (non-hydrogen) atoms. The smallest absolute Gasteiger partial charge is 0.320 e. The minimum atomic E-state index is -0.0264. The van der Waals surface area contributed by atoms with E-state index < -0.39 is 0 Å². The first-order chi connectivity index (χ1) is 13.5. The highest BCUT2D eigenvalue weighted by atomic mass is 35.5. The van der Waals surface area contributed by atoms with Gasteiger partial charge in [-0.3, -0.25) is 4.79 Å². The maximum Gasteiger partial charge on any atom is 0.320 e. The SMILES string of the molecule is CN(C)Cc1ccc(CC2CCN(C(=O)SOc3ccc(Cl)cc3)CC2)cc1. The van der Waals surface area contributed by atoms with Crippen molar-refractivity contribution in [3.8, 4) is 5.75 Å². The van der Waals surface area contributed by atoms with E-state index >= 15 is 0 Å². The van der Waals surface area contributed by atoms with Crippen LogP contribution in [-0.4, -0.2) is 42.2 Å². The number of rotatable bonds is 6. The quantitative estimate of drug-likeness (QED) is 0.579. The first kappa shape index (κ1) is 21.0. The number of piperidine rings is 1. The van der Waals surface area contributed by atoms with E-state index in [0.717, 1.165) is 50.9 Å². The lowest BCUT2D eigenvalue weighted by Gasteiger charge is -2.31.